The highest BCUT2D eigenvalue weighted by atomic mass is 35.5. The van der Waals surface area contributed by atoms with Gasteiger partial charge in [0.05, 0.1) is 10.6 Å². The van der Waals surface area contributed by atoms with Crippen molar-refractivity contribution >= 4 is 27.3 Å². The number of fused-ring (bicyclic) bond motifs is 3. The van der Waals surface area contributed by atoms with Gasteiger partial charge in [0.25, 0.3) is 10.0 Å². The molecule has 0 saturated heterocycles. The summed E-state index contributed by atoms with van der Waals surface area (Å²) in [6.07, 6.45) is 0. The first-order chi connectivity index (χ1) is 8.08. The van der Waals surface area contributed by atoms with Gasteiger partial charge in [0.2, 0.25) is 0 Å². The van der Waals surface area contributed by atoms with Crippen molar-refractivity contribution in [2.45, 2.75) is 4.90 Å². The van der Waals surface area contributed by atoms with Crippen molar-refractivity contribution < 1.29 is 8.42 Å². The van der Waals surface area contributed by atoms with Gasteiger partial charge in [-0.2, -0.15) is 0 Å². The fourth-order valence-corrected chi connectivity index (χ4v) is 3.51. The van der Waals surface area contributed by atoms with Crippen molar-refractivity contribution in [2.75, 3.05) is 4.72 Å². The van der Waals surface area contributed by atoms with Crippen molar-refractivity contribution in [1.29, 1.82) is 0 Å². The zero-order valence-electron chi connectivity index (χ0n) is 8.64. The molecule has 0 aromatic heterocycles. The predicted octanol–water partition coefficient (Wildman–Crippen LogP) is 3.12. The Labute approximate surface area is 104 Å². The van der Waals surface area contributed by atoms with Gasteiger partial charge in [0, 0.05) is 16.1 Å². The average molecular weight is 266 g/mol. The van der Waals surface area contributed by atoms with Crippen LogP contribution in [0.2, 0.25) is 5.02 Å². The number of benzene rings is 2. The fourth-order valence-electron chi connectivity index (χ4n) is 1.95. The van der Waals surface area contributed by atoms with E-state index in [1.807, 2.05) is 12.1 Å². The van der Waals surface area contributed by atoms with Gasteiger partial charge in [-0.1, -0.05) is 35.9 Å². The van der Waals surface area contributed by atoms with Crippen LogP contribution < -0.4 is 4.72 Å². The number of para-hydroxylation sites is 1. The third-order valence-corrected chi connectivity index (χ3v) is 4.34. The molecule has 0 saturated carbocycles. The lowest BCUT2D eigenvalue weighted by Crippen LogP contribution is -2.18. The fraction of sp³-hybridized carbons (Fsp3) is 0. The van der Waals surface area contributed by atoms with Crippen molar-refractivity contribution in [3.8, 4) is 11.1 Å². The molecule has 0 unspecified atom stereocenters. The zero-order valence-corrected chi connectivity index (χ0v) is 10.2. The third kappa shape index (κ3) is 1.61. The molecule has 1 aliphatic heterocycles. The molecule has 2 aromatic carbocycles. The van der Waals surface area contributed by atoms with Gasteiger partial charge in [-0.15, -0.1) is 0 Å². The molecule has 1 N–H and O–H groups in total. The molecule has 0 spiro atoms. The van der Waals surface area contributed by atoms with Gasteiger partial charge in [-0.25, -0.2) is 8.42 Å². The number of hydrogen-bond acceptors (Lipinski definition) is 2. The molecule has 0 radical (unpaired) electrons. The summed E-state index contributed by atoms with van der Waals surface area (Å²) < 4.78 is 26.6. The maximum absolute atomic E-state index is 12.0. The predicted molar refractivity (Wildman–Crippen MR) is 67.7 cm³/mol. The lowest BCUT2D eigenvalue weighted by molar-refractivity contribution is 0.601. The van der Waals surface area contributed by atoms with Crippen LogP contribution in [0.4, 0.5) is 5.69 Å². The van der Waals surface area contributed by atoms with Crippen LogP contribution in [0, 0.1) is 0 Å². The highest BCUT2D eigenvalue weighted by molar-refractivity contribution is 7.93. The van der Waals surface area contributed by atoms with Crippen LogP contribution >= 0.6 is 11.6 Å². The summed E-state index contributed by atoms with van der Waals surface area (Å²) in [5.41, 5.74) is 2.15. The Bertz CT molecular complexity index is 710. The highest BCUT2D eigenvalue weighted by Crippen LogP contribution is 2.39. The topological polar surface area (TPSA) is 46.2 Å². The molecule has 0 amide bonds. The number of halogens is 1. The smallest absolute Gasteiger partial charge is 0.262 e. The average Bonchev–Trinajstić information content (AvgIpc) is 2.29. The number of anilines is 1. The first-order valence-electron chi connectivity index (χ1n) is 5.00. The third-order valence-electron chi connectivity index (χ3n) is 2.69. The first-order valence-corrected chi connectivity index (χ1v) is 6.86. The second kappa shape index (κ2) is 3.48. The van der Waals surface area contributed by atoms with Gasteiger partial charge in [0.15, 0.2) is 0 Å². The van der Waals surface area contributed by atoms with Crippen molar-refractivity contribution in [2.24, 2.45) is 0 Å². The lowest BCUT2D eigenvalue weighted by Gasteiger charge is -2.21. The molecule has 1 aliphatic rings. The Morgan fingerprint density at radius 2 is 1.76 bits per heavy atom. The van der Waals surface area contributed by atoms with Gasteiger partial charge in [0.1, 0.15) is 0 Å². The van der Waals surface area contributed by atoms with Gasteiger partial charge >= 0.3 is 0 Å². The van der Waals surface area contributed by atoms with Crippen LogP contribution in [-0.2, 0) is 10.0 Å². The van der Waals surface area contributed by atoms with E-state index in [9.17, 15) is 8.42 Å². The SMILES string of the molecule is O=S1(=O)Nc2ccccc2-c2ccc(Cl)cc21. The minimum absolute atomic E-state index is 0.226. The van der Waals surface area contributed by atoms with E-state index < -0.39 is 10.0 Å². The normalized spacial score (nSPS) is 15.6. The summed E-state index contributed by atoms with van der Waals surface area (Å²) in [4.78, 5) is 0.226. The molecule has 3 nitrogen and oxygen atoms in total. The summed E-state index contributed by atoms with van der Waals surface area (Å²) >= 11 is 5.84. The lowest BCUT2D eigenvalue weighted by atomic mass is 10.0. The number of nitrogens with one attached hydrogen (secondary N) is 1. The molecule has 5 heteroatoms. The van der Waals surface area contributed by atoms with E-state index in [1.165, 1.54) is 6.07 Å². The Kier molecular flexibility index (Phi) is 2.18. The molecule has 0 fully saturated rings. The molecular formula is C12H8ClNO2S. The highest BCUT2D eigenvalue weighted by Gasteiger charge is 2.26. The zero-order chi connectivity index (χ0) is 12.0. The summed E-state index contributed by atoms with van der Waals surface area (Å²) in [5.74, 6) is 0. The number of rotatable bonds is 0. The van der Waals surface area contributed by atoms with E-state index in [-0.39, 0.29) is 4.90 Å². The second-order valence-electron chi connectivity index (χ2n) is 3.79. The van der Waals surface area contributed by atoms with Gasteiger partial charge in [-0.3, -0.25) is 4.72 Å². The largest absolute Gasteiger partial charge is 0.279 e. The van der Waals surface area contributed by atoms with Crippen LogP contribution in [0.3, 0.4) is 0 Å². The van der Waals surface area contributed by atoms with Crippen molar-refractivity contribution in [1.82, 2.24) is 0 Å². The molecule has 2 aromatic rings. The summed E-state index contributed by atoms with van der Waals surface area (Å²) in [7, 11) is -3.51. The molecular weight excluding hydrogens is 258 g/mol. The summed E-state index contributed by atoms with van der Waals surface area (Å²) in [6.45, 7) is 0. The van der Waals surface area contributed by atoms with Crippen LogP contribution in [0.25, 0.3) is 11.1 Å². The van der Waals surface area contributed by atoms with E-state index in [4.69, 9.17) is 11.6 Å². The van der Waals surface area contributed by atoms with Crippen molar-refractivity contribution in [3.05, 3.63) is 47.5 Å². The maximum atomic E-state index is 12.0. The van der Waals surface area contributed by atoms with Crippen LogP contribution in [0.5, 0.6) is 0 Å². The maximum Gasteiger partial charge on any atom is 0.262 e. The minimum Gasteiger partial charge on any atom is -0.279 e. The Morgan fingerprint density at radius 3 is 2.59 bits per heavy atom. The molecule has 0 aliphatic carbocycles. The second-order valence-corrected chi connectivity index (χ2v) is 5.88. The van der Waals surface area contributed by atoms with E-state index in [0.29, 0.717) is 16.3 Å². The number of sulfonamides is 1. The van der Waals surface area contributed by atoms with Crippen LogP contribution in [0.1, 0.15) is 0 Å². The molecule has 1 heterocycles. The summed E-state index contributed by atoms with van der Waals surface area (Å²) in [5, 5.41) is 0.411. The van der Waals surface area contributed by atoms with Gasteiger partial charge in [-0.05, 0) is 18.2 Å². The van der Waals surface area contributed by atoms with E-state index in [1.54, 1.807) is 24.3 Å². The van der Waals surface area contributed by atoms with E-state index in [2.05, 4.69) is 4.72 Å². The van der Waals surface area contributed by atoms with Crippen LogP contribution in [0.15, 0.2) is 47.4 Å². The van der Waals surface area contributed by atoms with Crippen LogP contribution in [-0.4, -0.2) is 8.42 Å². The molecule has 0 bridgehead atoms. The monoisotopic (exact) mass is 265 g/mol. The molecule has 0 atom stereocenters. The quantitative estimate of drug-likeness (QED) is 0.795. The van der Waals surface area contributed by atoms with E-state index in [0.717, 1.165) is 5.56 Å². The Morgan fingerprint density at radius 1 is 1.00 bits per heavy atom. The molecule has 86 valence electrons. The summed E-state index contributed by atoms with van der Waals surface area (Å²) in [6, 6.07) is 12.2. The first kappa shape index (κ1) is 10.6. The van der Waals surface area contributed by atoms with E-state index >= 15 is 0 Å². The number of hydrogen-bond donors (Lipinski definition) is 1. The minimum atomic E-state index is -3.51. The van der Waals surface area contributed by atoms with Gasteiger partial charge < -0.3 is 0 Å². The Hall–Kier alpha value is -1.52. The standard InChI is InChI=1S/C12H8ClNO2S/c13-8-5-6-10-9-3-1-2-4-11(9)14-17(15,16)12(10)7-8/h1-7,14H. The Balaban J connectivity index is 2.41. The van der Waals surface area contributed by atoms with Crippen molar-refractivity contribution in [3.63, 3.8) is 0 Å². The molecule has 3 rings (SSSR count). The molecule has 17 heavy (non-hydrogen) atoms.